The lowest BCUT2D eigenvalue weighted by Crippen LogP contribution is -2.25. The van der Waals surface area contributed by atoms with Crippen molar-refractivity contribution in [2.45, 2.75) is 53.6 Å². The van der Waals surface area contributed by atoms with Crippen molar-refractivity contribution < 1.29 is 4.74 Å². The summed E-state index contributed by atoms with van der Waals surface area (Å²) in [6.07, 6.45) is 14.3. The second-order valence-electron chi connectivity index (χ2n) is 14.6. The molecule has 3 atom stereocenters. The Kier molecular flexibility index (Phi) is 5.89. The van der Waals surface area contributed by atoms with Crippen molar-refractivity contribution in [2.24, 2.45) is 11.8 Å². The van der Waals surface area contributed by atoms with Gasteiger partial charge < -0.3 is 4.74 Å². The van der Waals surface area contributed by atoms with Gasteiger partial charge >= 0.3 is 0 Å². The van der Waals surface area contributed by atoms with Crippen molar-refractivity contribution in [1.29, 1.82) is 0 Å². The Morgan fingerprint density at radius 1 is 0.447 bits per heavy atom. The lowest BCUT2D eigenvalue weighted by molar-refractivity contribution is 0.266. The third-order valence-corrected chi connectivity index (χ3v) is 12.3. The fraction of sp³-hybridized carbons (Fsp3) is 0.239. The first-order valence-electron chi connectivity index (χ1n) is 17.5. The number of allylic oxidation sites excluding steroid dienone is 2. The van der Waals surface area contributed by atoms with E-state index in [1.807, 2.05) is 0 Å². The van der Waals surface area contributed by atoms with Gasteiger partial charge in [-0.25, -0.2) is 0 Å². The number of ether oxygens (including phenoxy) is 1. The van der Waals surface area contributed by atoms with Gasteiger partial charge in [0, 0.05) is 16.7 Å². The zero-order valence-electron chi connectivity index (χ0n) is 26.6. The topological polar surface area (TPSA) is 12.5 Å². The van der Waals surface area contributed by atoms with Gasteiger partial charge in [-0.1, -0.05) is 158 Å². The van der Waals surface area contributed by atoms with E-state index >= 15 is 0 Å². The highest BCUT2D eigenvalue weighted by Gasteiger charge is 2.74. The second-order valence-corrected chi connectivity index (χ2v) is 14.6. The van der Waals surface area contributed by atoms with Gasteiger partial charge in [0.2, 0.25) is 0 Å². The van der Waals surface area contributed by atoms with Gasteiger partial charge in [-0.3, -0.25) is 0 Å². The number of rotatable bonds is 8. The molecule has 1 heteroatoms. The lowest BCUT2D eigenvalue weighted by atomic mass is 9.76. The molecule has 5 aromatic rings. The van der Waals surface area contributed by atoms with Crippen LogP contribution in [-0.2, 0) is 21.2 Å². The molecule has 229 valence electrons. The van der Waals surface area contributed by atoms with E-state index in [1.165, 1.54) is 52.1 Å². The molecule has 1 spiro atoms. The fourth-order valence-electron chi connectivity index (χ4n) is 9.60. The van der Waals surface area contributed by atoms with E-state index in [1.54, 1.807) is 0 Å². The normalized spacial score (nSPS) is 27.4. The van der Waals surface area contributed by atoms with Crippen molar-refractivity contribution in [2.75, 3.05) is 0 Å². The van der Waals surface area contributed by atoms with Crippen LogP contribution in [-0.4, -0.2) is 5.60 Å². The van der Waals surface area contributed by atoms with Crippen molar-refractivity contribution >= 4 is 0 Å². The van der Waals surface area contributed by atoms with E-state index < -0.39 is 0 Å². The van der Waals surface area contributed by atoms with E-state index in [0.717, 1.165) is 12.8 Å². The monoisotopic (exact) mass is 607 g/mol. The first-order chi connectivity index (χ1) is 23.2. The number of benzene rings is 5. The molecule has 0 aromatic heterocycles. The Morgan fingerprint density at radius 3 is 1.32 bits per heavy atom. The van der Waals surface area contributed by atoms with Crippen molar-refractivity contribution in [3.63, 3.8) is 0 Å². The minimum absolute atomic E-state index is 0.0440. The van der Waals surface area contributed by atoms with Crippen LogP contribution in [0.1, 0.15) is 65.0 Å². The van der Waals surface area contributed by atoms with Gasteiger partial charge in [-0.2, -0.15) is 0 Å². The third-order valence-electron chi connectivity index (χ3n) is 12.3. The Morgan fingerprint density at radius 2 is 0.872 bits per heavy atom. The average Bonchev–Trinajstić information content (AvgIpc) is 3.99. The Bertz CT molecular complexity index is 1880. The maximum Gasteiger partial charge on any atom is 0.139 e. The standard InChI is InChI=1S/C46H39O/c1-5-13-35(14-6-1)44(36-15-7-2-8-16-36)31-41(44)33-21-23-39(24-22-33)46(40-25-26-40)43(47-46)29-27-34(28-30-43)42-32-45(42,37-17-9-3-10-18-37)38-19-11-4-12-20-38/h1-24,27-30,40-42H,25-26,31-32H2. The van der Waals surface area contributed by atoms with Crippen LogP contribution in [0.2, 0.25) is 0 Å². The first kappa shape index (κ1) is 27.6. The summed E-state index contributed by atoms with van der Waals surface area (Å²) in [5.74, 6) is 2.95. The SMILES string of the molecule is C1=CC2(C=C[C]1C1CC1(c1ccccc1)c1ccccc1)OC2(c1ccc(C2CC2(c2ccccc2)c2ccccc2)cc1)C1CC1. The summed E-state index contributed by atoms with van der Waals surface area (Å²) in [6, 6.07) is 54.0. The highest BCUT2D eigenvalue weighted by Crippen LogP contribution is 2.71. The molecular weight excluding hydrogens is 569 g/mol. The molecule has 5 aliphatic rings. The highest BCUT2D eigenvalue weighted by atomic mass is 16.6. The summed E-state index contributed by atoms with van der Waals surface area (Å²) < 4.78 is 6.92. The zero-order chi connectivity index (χ0) is 31.1. The van der Waals surface area contributed by atoms with E-state index in [4.69, 9.17) is 4.74 Å². The van der Waals surface area contributed by atoms with E-state index in [-0.39, 0.29) is 22.0 Å². The molecule has 1 saturated heterocycles. The summed E-state index contributed by atoms with van der Waals surface area (Å²) in [5, 5.41) is 0. The Labute approximate surface area is 278 Å². The van der Waals surface area contributed by atoms with Gasteiger partial charge in [-0.15, -0.1) is 0 Å². The molecule has 0 N–H and O–H groups in total. The zero-order valence-corrected chi connectivity index (χ0v) is 26.6. The Hall–Kier alpha value is -4.46. The predicted molar refractivity (Wildman–Crippen MR) is 189 cm³/mol. The van der Waals surface area contributed by atoms with Crippen LogP contribution in [0.3, 0.4) is 0 Å². The summed E-state index contributed by atoms with van der Waals surface area (Å²) in [4.78, 5) is 0. The molecule has 5 aromatic carbocycles. The van der Waals surface area contributed by atoms with Crippen LogP contribution in [0.25, 0.3) is 0 Å². The molecule has 0 bridgehead atoms. The molecule has 47 heavy (non-hydrogen) atoms. The van der Waals surface area contributed by atoms with Gasteiger partial charge in [0.25, 0.3) is 0 Å². The second kappa shape index (κ2) is 10.0. The number of hydrogen-bond donors (Lipinski definition) is 0. The fourth-order valence-corrected chi connectivity index (χ4v) is 9.60. The highest BCUT2D eigenvalue weighted by molar-refractivity contribution is 5.58. The van der Waals surface area contributed by atoms with Gasteiger partial charge in [0.05, 0.1) is 0 Å². The molecule has 10 rings (SSSR count). The summed E-state index contributed by atoms with van der Waals surface area (Å²) in [6.45, 7) is 0. The van der Waals surface area contributed by atoms with E-state index in [9.17, 15) is 0 Å². The van der Waals surface area contributed by atoms with E-state index in [0.29, 0.717) is 17.8 Å². The van der Waals surface area contributed by atoms with Crippen LogP contribution >= 0.6 is 0 Å². The smallest absolute Gasteiger partial charge is 0.139 e. The Balaban J connectivity index is 0.926. The van der Waals surface area contributed by atoms with E-state index in [2.05, 4.69) is 170 Å². The van der Waals surface area contributed by atoms with Crippen LogP contribution in [0.4, 0.5) is 0 Å². The molecule has 3 unspecified atom stereocenters. The molecule has 4 fully saturated rings. The summed E-state index contributed by atoms with van der Waals surface area (Å²) in [5.41, 5.74) is 7.94. The summed E-state index contributed by atoms with van der Waals surface area (Å²) in [7, 11) is 0. The van der Waals surface area contributed by atoms with Crippen LogP contribution in [0.5, 0.6) is 0 Å². The maximum atomic E-state index is 6.92. The lowest BCUT2D eigenvalue weighted by Gasteiger charge is -2.24. The van der Waals surface area contributed by atoms with Crippen LogP contribution < -0.4 is 0 Å². The predicted octanol–water partition coefficient (Wildman–Crippen LogP) is 10.2. The summed E-state index contributed by atoms with van der Waals surface area (Å²) >= 11 is 0. The molecule has 1 aliphatic heterocycles. The average molecular weight is 608 g/mol. The van der Waals surface area contributed by atoms with Crippen LogP contribution in [0.15, 0.2) is 170 Å². The first-order valence-corrected chi connectivity index (χ1v) is 17.5. The molecular formula is C46H39O. The molecule has 3 saturated carbocycles. The number of hydrogen-bond acceptors (Lipinski definition) is 1. The third kappa shape index (κ3) is 3.99. The molecule has 1 radical (unpaired) electrons. The minimum atomic E-state index is -0.340. The van der Waals surface area contributed by atoms with Crippen molar-refractivity contribution in [1.82, 2.24) is 0 Å². The van der Waals surface area contributed by atoms with Gasteiger partial charge in [-0.05, 0) is 89.0 Å². The van der Waals surface area contributed by atoms with Crippen molar-refractivity contribution in [3.8, 4) is 0 Å². The van der Waals surface area contributed by atoms with Crippen molar-refractivity contribution in [3.05, 3.63) is 209 Å². The molecule has 1 heterocycles. The van der Waals surface area contributed by atoms with Crippen LogP contribution in [0, 0.1) is 17.8 Å². The largest absolute Gasteiger partial charge is 0.348 e. The molecule has 1 nitrogen and oxygen atoms in total. The quantitative estimate of drug-likeness (QED) is 0.160. The molecule has 0 amide bonds. The molecule has 4 aliphatic carbocycles. The van der Waals surface area contributed by atoms with Gasteiger partial charge in [0.15, 0.2) is 0 Å². The number of epoxide rings is 1. The minimum Gasteiger partial charge on any atom is -0.348 e. The van der Waals surface area contributed by atoms with Gasteiger partial charge in [0.1, 0.15) is 11.2 Å². The maximum absolute atomic E-state index is 6.92.